The van der Waals surface area contributed by atoms with Crippen molar-refractivity contribution in [2.75, 3.05) is 7.05 Å². The fraction of sp³-hybridized carbons (Fsp3) is 0.200. The fourth-order valence-corrected chi connectivity index (χ4v) is 1.98. The minimum atomic E-state index is -0.532. The molecule has 0 aliphatic rings. The van der Waals surface area contributed by atoms with Gasteiger partial charge in [0.15, 0.2) is 0 Å². The topological polar surface area (TPSA) is 64.4 Å². The summed E-state index contributed by atoms with van der Waals surface area (Å²) < 4.78 is 19.6. The highest BCUT2D eigenvalue weighted by atomic mass is 19.1. The number of halogens is 1. The third kappa shape index (κ3) is 3.17. The van der Waals surface area contributed by atoms with Crippen LogP contribution in [0.5, 0.6) is 11.5 Å². The van der Waals surface area contributed by atoms with Crippen LogP contribution in [0, 0.1) is 15.9 Å². The Bertz CT molecular complexity index is 661. The van der Waals surface area contributed by atoms with Gasteiger partial charge in [-0.25, -0.2) is 4.39 Å². The molecule has 0 bridgehead atoms. The second-order valence-electron chi connectivity index (χ2n) is 4.49. The van der Waals surface area contributed by atoms with Crippen LogP contribution in [0.2, 0.25) is 0 Å². The van der Waals surface area contributed by atoms with E-state index >= 15 is 0 Å². The highest BCUT2D eigenvalue weighted by molar-refractivity contribution is 5.49. The predicted octanol–water partition coefficient (Wildman–Crippen LogP) is 3.81. The summed E-state index contributed by atoms with van der Waals surface area (Å²) in [6, 6.07) is 10.1. The number of benzene rings is 2. The molecule has 1 atom stereocenters. The van der Waals surface area contributed by atoms with Crippen LogP contribution in [0.4, 0.5) is 10.1 Å². The largest absolute Gasteiger partial charge is 0.450 e. The molecule has 5 nitrogen and oxygen atoms in total. The number of hydrogen-bond acceptors (Lipinski definition) is 4. The van der Waals surface area contributed by atoms with Crippen LogP contribution in [-0.4, -0.2) is 12.0 Å². The van der Waals surface area contributed by atoms with E-state index in [-0.39, 0.29) is 23.2 Å². The monoisotopic (exact) mass is 290 g/mol. The first kappa shape index (κ1) is 14.9. The molecular formula is C15H15FN2O3. The molecule has 0 aromatic heterocycles. The Morgan fingerprint density at radius 3 is 2.52 bits per heavy atom. The summed E-state index contributed by atoms with van der Waals surface area (Å²) in [5, 5.41) is 13.9. The molecule has 0 aliphatic heterocycles. The lowest BCUT2D eigenvalue weighted by atomic mass is 10.1. The van der Waals surface area contributed by atoms with E-state index in [1.54, 1.807) is 32.2 Å². The van der Waals surface area contributed by atoms with Crippen LogP contribution >= 0.6 is 0 Å². The summed E-state index contributed by atoms with van der Waals surface area (Å²) in [6.07, 6.45) is 0. The number of nitrogens with zero attached hydrogens (tertiary/aromatic N) is 1. The van der Waals surface area contributed by atoms with E-state index in [1.165, 1.54) is 24.3 Å². The Balaban J connectivity index is 2.45. The van der Waals surface area contributed by atoms with Crippen molar-refractivity contribution in [1.82, 2.24) is 5.32 Å². The van der Waals surface area contributed by atoms with Gasteiger partial charge in [-0.1, -0.05) is 18.2 Å². The maximum atomic E-state index is 14.0. The molecule has 21 heavy (non-hydrogen) atoms. The average molecular weight is 290 g/mol. The van der Waals surface area contributed by atoms with Gasteiger partial charge in [0.2, 0.25) is 5.75 Å². The predicted molar refractivity (Wildman–Crippen MR) is 77.0 cm³/mol. The molecule has 2 rings (SSSR count). The molecule has 1 N–H and O–H groups in total. The zero-order valence-electron chi connectivity index (χ0n) is 11.7. The molecule has 0 radical (unpaired) electrons. The van der Waals surface area contributed by atoms with Crippen molar-refractivity contribution in [3.8, 4) is 11.5 Å². The molecule has 2 aromatic carbocycles. The van der Waals surface area contributed by atoms with E-state index in [1.807, 2.05) is 0 Å². The molecule has 0 amide bonds. The highest BCUT2D eigenvalue weighted by Gasteiger charge is 2.19. The summed E-state index contributed by atoms with van der Waals surface area (Å²) >= 11 is 0. The van der Waals surface area contributed by atoms with Gasteiger partial charge < -0.3 is 10.1 Å². The van der Waals surface area contributed by atoms with E-state index < -0.39 is 10.7 Å². The van der Waals surface area contributed by atoms with Gasteiger partial charge in [0.25, 0.3) is 0 Å². The Hall–Kier alpha value is -2.47. The first-order valence-corrected chi connectivity index (χ1v) is 6.41. The number of ether oxygens (including phenoxy) is 1. The lowest BCUT2D eigenvalue weighted by molar-refractivity contribution is -0.385. The minimum Gasteiger partial charge on any atom is -0.450 e. The fourth-order valence-electron chi connectivity index (χ4n) is 1.98. The van der Waals surface area contributed by atoms with Crippen LogP contribution in [0.3, 0.4) is 0 Å². The summed E-state index contributed by atoms with van der Waals surface area (Å²) in [4.78, 5) is 10.5. The van der Waals surface area contributed by atoms with Gasteiger partial charge in [-0.3, -0.25) is 10.1 Å². The number of rotatable bonds is 5. The van der Waals surface area contributed by atoms with E-state index in [2.05, 4.69) is 5.32 Å². The highest BCUT2D eigenvalue weighted by Crippen LogP contribution is 2.35. The molecule has 0 saturated heterocycles. The molecule has 0 heterocycles. The summed E-state index contributed by atoms with van der Waals surface area (Å²) in [6.45, 7) is 1.78. The number of para-hydroxylation sites is 2. The van der Waals surface area contributed by atoms with E-state index in [4.69, 9.17) is 4.74 Å². The van der Waals surface area contributed by atoms with Crippen molar-refractivity contribution in [2.24, 2.45) is 0 Å². The Morgan fingerprint density at radius 1 is 1.19 bits per heavy atom. The standard InChI is InChI=1S/C15H15FN2O3/c1-10(17-2)15-11(16)6-5-9-14(15)21-13-8-4-3-7-12(13)18(19)20/h3-10,17H,1-2H3. The van der Waals surface area contributed by atoms with Gasteiger partial charge in [0, 0.05) is 17.7 Å². The van der Waals surface area contributed by atoms with Gasteiger partial charge in [0.05, 0.1) is 4.92 Å². The van der Waals surface area contributed by atoms with Gasteiger partial charge in [-0.05, 0) is 32.2 Å². The molecule has 0 spiro atoms. The second-order valence-corrected chi connectivity index (χ2v) is 4.49. The third-order valence-corrected chi connectivity index (χ3v) is 3.16. The van der Waals surface area contributed by atoms with E-state index in [0.29, 0.717) is 5.56 Å². The Labute approximate surface area is 121 Å². The van der Waals surface area contributed by atoms with Crippen LogP contribution in [0.1, 0.15) is 18.5 Å². The molecule has 0 saturated carbocycles. The number of hydrogen-bond donors (Lipinski definition) is 1. The second kappa shape index (κ2) is 6.32. The summed E-state index contributed by atoms with van der Waals surface area (Å²) in [7, 11) is 1.70. The zero-order valence-corrected chi connectivity index (χ0v) is 11.7. The van der Waals surface area contributed by atoms with Crippen molar-refractivity contribution in [2.45, 2.75) is 13.0 Å². The Kier molecular flexibility index (Phi) is 4.49. The van der Waals surface area contributed by atoms with Crippen LogP contribution < -0.4 is 10.1 Å². The lowest BCUT2D eigenvalue weighted by Crippen LogP contribution is -2.15. The van der Waals surface area contributed by atoms with Gasteiger partial charge >= 0.3 is 5.69 Å². The molecule has 110 valence electrons. The minimum absolute atomic E-state index is 0.0812. The van der Waals surface area contributed by atoms with Crippen molar-refractivity contribution < 1.29 is 14.1 Å². The first-order chi connectivity index (χ1) is 10.0. The molecule has 2 aromatic rings. The van der Waals surface area contributed by atoms with Gasteiger partial charge in [-0.2, -0.15) is 0 Å². The van der Waals surface area contributed by atoms with Crippen molar-refractivity contribution in [3.63, 3.8) is 0 Å². The first-order valence-electron chi connectivity index (χ1n) is 6.41. The lowest BCUT2D eigenvalue weighted by Gasteiger charge is -2.17. The summed E-state index contributed by atoms with van der Waals surface area (Å²) in [5.41, 5.74) is 0.169. The van der Waals surface area contributed by atoms with Crippen LogP contribution in [0.25, 0.3) is 0 Å². The van der Waals surface area contributed by atoms with Crippen molar-refractivity contribution in [1.29, 1.82) is 0 Å². The van der Waals surface area contributed by atoms with Crippen LogP contribution in [0.15, 0.2) is 42.5 Å². The zero-order chi connectivity index (χ0) is 15.4. The maximum Gasteiger partial charge on any atom is 0.311 e. The molecular weight excluding hydrogens is 275 g/mol. The molecule has 0 fully saturated rings. The molecule has 6 heteroatoms. The van der Waals surface area contributed by atoms with Crippen molar-refractivity contribution >= 4 is 5.69 Å². The van der Waals surface area contributed by atoms with Crippen molar-refractivity contribution in [3.05, 3.63) is 64.0 Å². The Morgan fingerprint density at radius 2 is 1.86 bits per heavy atom. The number of nitro benzene ring substituents is 1. The smallest absolute Gasteiger partial charge is 0.311 e. The number of nitrogens with one attached hydrogen (secondary N) is 1. The maximum absolute atomic E-state index is 14.0. The normalized spacial score (nSPS) is 12.0. The third-order valence-electron chi connectivity index (χ3n) is 3.16. The van der Waals surface area contributed by atoms with E-state index in [0.717, 1.165) is 0 Å². The van der Waals surface area contributed by atoms with E-state index in [9.17, 15) is 14.5 Å². The average Bonchev–Trinajstić information content (AvgIpc) is 2.47. The van der Waals surface area contributed by atoms with Gasteiger partial charge in [-0.15, -0.1) is 0 Å². The SMILES string of the molecule is CNC(C)c1c(F)cccc1Oc1ccccc1[N+](=O)[O-]. The van der Waals surface area contributed by atoms with Gasteiger partial charge in [0.1, 0.15) is 11.6 Å². The molecule has 0 aliphatic carbocycles. The quantitative estimate of drug-likeness (QED) is 0.672. The van der Waals surface area contributed by atoms with Crippen LogP contribution in [-0.2, 0) is 0 Å². The molecule has 1 unspecified atom stereocenters. The summed E-state index contributed by atoms with van der Waals surface area (Å²) in [5.74, 6) is -0.0864. The number of nitro groups is 1.